The molecule has 4 rings (SSSR count). The van der Waals surface area contributed by atoms with Gasteiger partial charge in [-0.3, -0.25) is 4.99 Å². The molecule has 21 heavy (non-hydrogen) atoms. The molecule has 0 saturated carbocycles. The molecule has 1 aliphatic heterocycles. The minimum absolute atomic E-state index is 0.000490. The summed E-state index contributed by atoms with van der Waals surface area (Å²) in [6.45, 7) is 0. The molecule has 0 amide bonds. The lowest BCUT2D eigenvalue weighted by Gasteiger charge is -2.05. The van der Waals surface area contributed by atoms with Crippen LogP contribution in [-0.4, -0.2) is 10.0 Å². The van der Waals surface area contributed by atoms with Crippen LogP contribution in [0.1, 0.15) is 17.4 Å². The maximum Gasteiger partial charge on any atom is 0.136 e. The maximum absolute atomic E-state index is 4.74. The summed E-state index contributed by atoms with van der Waals surface area (Å²) in [4.78, 5) is 9.44. The molecule has 2 heterocycles. The maximum atomic E-state index is 4.74. The number of rotatable bonds is 2. The molecule has 1 atom stereocenters. The summed E-state index contributed by atoms with van der Waals surface area (Å²) in [5.74, 6) is 0. The number of hydrogen-bond acceptors (Lipinski definition) is 4. The lowest BCUT2D eigenvalue weighted by atomic mass is 10.2. The second kappa shape index (κ2) is 5.31. The second-order valence-electron chi connectivity index (χ2n) is 4.86. The summed E-state index contributed by atoms with van der Waals surface area (Å²) in [7, 11) is 0. The molecule has 3 aromatic rings. The van der Waals surface area contributed by atoms with E-state index in [4.69, 9.17) is 9.98 Å². The fourth-order valence-electron chi connectivity index (χ4n) is 2.36. The van der Waals surface area contributed by atoms with Crippen LogP contribution in [0.5, 0.6) is 0 Å². The minimum Gasteiger partial charge on any atom is -0.250 e. The Balaban J connectivity index is 1.69. The standard InChI is InChI=1S/C17H13N3S/c1-2-7-13(8-3-1)16-19-17(21-20-16)15-11-10-12-6-4-5-9-14(12)18-15/h1-11,16,20H. The van der Waals surface area contributed by atoms with Crippen LogP contribution in [0.4, 0.5) is 0 Å². The highest BCUT2D eigenvalue weighted by Gasteiger charge is 2.21. The van der Waals surface area contributed by atoms with Crippen molar-refractivity contribution in [3.63, 3.8) is 0 Å². The largest absolute Gasteiger partial charge is 0.250 e. The molecule has 0 saturated heterocycles. The van der Waals surface area contributed by atoms with Crippen LogP contribution in [0.3, 0.4) is 0 Å². The summed E-state index contributed by atoms with van der Waals surface area (Å²) in [5, 5.41) is 2.09. The van der Waals surface area contributed by atoms with E-state index in [-0.39, 0.29) is 6.17 Å². The van der Waals surface area contributed by atoms with Gasteiger partial charge in [-0.15, -0.1) is 0 Å². The van der Waals surface area contributed by atoms with Crippen LogP contribution in [0.15, 0.2) is 71.7 Å². The van der Waals surface area contributed by atoms with Gasteiger partial charge < -0.3 is 0 Å². The third-order valence-electron chi connectivity index (χ3n) is 3.45. The molecule has 0 spiro atoms. The molecule has 3 nitrogen and oxygen atoms in total. The number of para-hydroxylation sites is 1. The molecule has 2 aromatic carbocycles. The van der Waals surface area contributed by atoms with Crippen molar-refractivity contribution in [2.45, 2.75) is 6.17 Å². The number of aromatic nitrogens is 1. The summed E-state index contributed by atoms with van der Waals surface area (Å²) in [6, 6.07) is 22.5. The van der Waals surface area contributed by atoms with Gasteiger partial charge in [-0.2, -0.15) is 0 Å². The molecule has 0 radical (unpaired) electrons. The zero-order chi connectivity index (χ0) is 14.1. The first-order chi connectivity index (χ1) is 10.4. The number of benzene rings is 2. The normalized spacial score (nSPS) is 17.9. The van der Waals surface area contributed by atoms with Crippen LogP contribution in [0, 0.1) is 0 Å². The first-order valence-corrected chi connectivity index (χ1v) is 7.63. The van der Waals surface area contributed by atoms with Gasteiger partial charge in [0.2, 0.25) is 0 Å². The fourth-order valence-corrected chi connectivity index (χ4v) is 3.15. The zero-order valence-electron chi connectivity index (χ0n) is 11.2. The highest BCUT2D eigenvalue weighted by molar-refractivity contribution is 8.13. The van der Waals surface area contributed by atoms with E-state index in [0.29, 0.717) is 0 Å². The first-order valence-electron chi connectivity index (χ1n) is 6.81. The van der Waals surface area contributed by atoms with Crippen molar-refractivity contribution in [1.82, 2.24) is 9.71 Å². The van der Waals surface area contributed by atoms with E-state index in [1.54, 1.807) is 11.9 Å². The number of aliphatic imine (C=N–C) groups is 1. The SMILES string of the molecule is c1ccc(C2N=C(c3ccc4ccccc4n3)SN2)cc1. The highest BCUT2D eigenvalue weighted by atomic mass is 32.2. The summed E-state index contributed by atoms with van der Waals surface area (Å²) < 4.78 is 3.34. The molecule has 4 heteroatoms. The summed E-state index contributed by atoms with van der Waals surface area (Å²) in [5.41, 5.74) is 3.09. The van der Waals surface area contributed by atoms with Gasteiger partial charge in [0.05, 0.1) is 11.2 Å². The molecule has 1 unspecified atom stereocenters. The smallest absolute Gasteiger partial charge is 0.136 e. The monoisotopic (exact) mass is 291 g/mol. The predicted octanol–water partition coefficient (Wildman–Crippen LogP) is 3.93. The van der Waals surface area contributed by atoms with Crippen LogP contribution in [0.25, 0.3) is 10.9 Å². The summed E-state index contributed by atoms with van der Waals surface area (Å²) >= 11 is 1.54. The van der Waals surface area contributed by atoms with Crippen molar-refractivity contribution in [3.05, 3.63) is 78.0 Å². The van der Waals surface area contributed by atoms with E-state index in [2.05, 4.69) is 29.0 Å². The topological polar surface area (TPSA) is 37.3 Å². The Labute approximate surface area is 127 Å². The zero-order valence-corrected chi connectivity index (χ0v) is 12.0. The molecular weight excluding hydrogens is 278 g/mol. The van der Waals surface area contributed by atoms with Gasteiger partial charge in [0.15, 0.2) is 0 Å². The lowest BCUT2D eigenvalue weighted by molar-refractivity contribution is 0.735. The van der Waals surface area contributed by atoms with Gasteiger partial charge in [-0.05, 0) is 29.6 Å². The number of nitrogens with zero attached hydrogens (tertiary/aromatic N) is 2. The van der Waals surface area contributed by atoms with Crippen molar-refractivity contribution in [2.75, 3.05) is 0 Å². The Kier molecular flexibility index (Phi) is 3.18. The van der Waals surface area contributed by atoms with E-state index in [0.717, 1.165) is 21.6 Å². The molecule has 1 aromatic heterocycles. The van der Waals surface area contributed by atoms with Crippen molar-refractivity contribution < 1.29 is 0 Å². The summed E-state index contributed by atoms with van der Waals surface area (Å²) in [6.07, 6.45) is -0.000490. The van der Waals surface area contributed by atoms with Gasteiger partial charge in [0.1, 0.15) is 11.2 Å². The molecule has 0 fully saturated rings. The lowest BCUT2D eigenvalue weighted by Crippen LogP contribution is -2.05. The Morgan fingerprint density at radius 1 is 0.857 bits per heavy atom. The quantitative estimate of drug-likeness (QED) is 0.727. The Hall–Kier alpha value is -2.17. The van der Waals surface area contributed by atoms with Gasteiger partial charge in [-0.25, -0.2) is 9.71 Å². The average Bonchev–Trinajstić information content (AvgIpc) is 3.05. The third kappa shape index (κ3) is 2.44. The molecule has 1 N–H and O–H groups in total. The Morgan fingerprint density at radius 2 is 1.67 bits per heavy atom. The second-order valence-corrected chi connectivity index (χ2v) is 5.68. The van der Waals surface area contributed by atoms with E-state index in [1.807, 2.05) is 42.5 Å². The molecular formula is C17H13N3S. The fraction of sp³-hybridized carbons (Fsp3) is 0.0588. The van der Waals surface area contributed by atoms with E-state index in [9.17, 15) is 0 Å². The number of pyridine rings is 1. The Morgan fingerprint density at radius 3 is 2.57 bits per heavy atom. The highest BCUT2D eigenvalue weighted by Crippen LogP contribution is 2.28. The van der Waals surface area contributed by atoms with Crippen LogP contribution < -0.4 is 4.72 Å². The number of hydrogen-bond donors (Lipinski definition) is 1. The van der Waals surface area contributed by atoms with E-state index in [1.165, 1.54) is 5.56 Å². The van der Waals surface area contributed by atoms with Crippen LogP contribution in [0.2, 0.25) is 0 Å². The van der Waals surface area contributed by atoms with Crippen molar-refractivity contribution in [3.8, 4) is 0 Å². The van der Waals surface area contributed by atoms with Crippen molar-refractivity contribution in [1.29, 1.82) is 0 Å². The average molecular weight is 291 g/mol. The number of fused-ring (bicyclic) bond motifs is 1. The van der Waals surface area contributed by atoms with Gasteiger partial charge in [0.25, 0.3) is 0 Å². The van der Waals surface area contributed by atoms with Crippen LogP contribution >= 0.6 is 11.9 Å². The molecule has 1 aliphatic rings. The van der Waals surface area contributed by atoms with E-state index >= 15 is 0 Å². The van der Waals surface area contributed by atoms with Gasteiger partial charge in [0, 0.05) is 5.39 Å². The predicted molar refractivity (Wildman–Crippen MR) is 88.2 cm³/mol. The van der Waals surface area contributed by atoms with E-state index < -0.39 is 0 Å². The van der Waals surface area contributed by atoms with Gasteiger partial charge in [-0.1, -0.05) is 54.6 Å². The molecule has 0 bridgehead atoms. The molecule has 102 valence electrons. The van der Waals surface area contributed by atoms with Crippen LogP contribution in [-0.2, 0) is 0 Å². The van der Waals surface area contributed by atoms with Gasteiger partial charge >= 0.3 is 0 Å². The van der Waals surface area contributed by atoms with Crippen molar-refractivity contribution in [2.24, 2.45) is 4.99 Å². The molecule has 0 aliphatic carbocycles. The number of nitrogens with one attached hydrogen (secondary N) is 1. The van der Waals surface area contributed by atoms with Crippen molar-refractivity contribution >= 4 is 27.9 Å². The third-order valence-corrected chi connectivity index (χ3v) is 4.30. The minimum atomic E-state index is -0.000490. The Bertz CT molecular complexity index is 814. The first kappa shape index (κ1) is 12.6.